The molecule has 0 spiro atoms. The molecule has 1 N–H and O–H groups in total. The molecule has 3 aromatic rings. The summed E-state index contributed by atoms with van der Waals surface area (Å²) in [5.41, 5.74) is 0.835. The molecule has 1 heterocycles. The number of anilines is 1. The van der Waals surface area contributed by atoms with Crippen LogP contribution in [0, 0.1) is 0 Å². The SMILES string of the molecule is O=S(=O)(Nc1nc2ccc(Cl)cc2o1)c1cc(Cl)ccc1Cl. The fourth-order valence-electron chi connectivity index (χ4n) is 1.80. The Hall–Kier alpha value is -1.47. The van der Waals surface area contributed by atoms with Crippen LogP contribution in [0.25, 0.3) is 11.1 Å². The highest BCUT2D eigenvalue weighted by molar-refractivity contribution is 7.92. The average Bonchev–Trinajstić information content (AvgIpc) is 2.81. The van der Waals surface area contributed by atoms with E-state index in [1.165, 1.54) is 24.3 Å². The molecule has 0 saturated heterocycles. The van der Waals surface area contributed by atoms with Crippen molar-refractivity contribution in [2.24, 2.45) is 0 Å². The quantitative estimate of drug-likeness (QED) is 0.724. The van der Waals surface area contributed by atoms with Crippen LogP contribution in [-0.2, 0) is 10.0 Å². The molecular weight excluding hydrogens is 371 g/mol. The number of sulfonamides is 1. The first-order chi connectivity index (χ1) is 10.3. The average molecular weight is 378 g/mol. The zero-order chi connectivity index (χ0) is 15.9. The van der Waals surface area contributed by atoms with Gasteiger partial charge < -0.3 is 4.42 Å². The van der Waals surface area contributed by atoms with Gasteiger partial charge in [-0.15, -0.1) is 0 Å². The van der Waals surface area contributed by atoms with E-state index in [1.54, 1.807) is 12.1 Å². The van der Waals surface area contributed by atoms with Crippen LogP contribution in [0.1, 0.15) is 0 Å². The van der Waals surface area contributed by atoms with E-state index in [0.717, 1.165) is 0 Å². The third-order valence-corrected chi connectivity index (χ3v) is 5.03. The first kappa shape index (κ1) is 15.4. The molecule has 0 aliphatic heterocycles. The summed E-state index contributed by atoms with van der Waals surface area (Å²) in [7, 11) is -3.98. The molecule has 2 aromatic carbocycles. The van der Waals surface area contributed by atoms with Gasteiger partial charge in [-0.1, -0.05) is 34.8 Å². The van der Waals surface area contributed by atoms with Gasteiger partial charge in [0.25, 0.3) is 10.0 Å². The Kier molecular flexibility index (Phi) is 3.94. The van der Waals surface area contributed by atoms with Crippen LogP contribution in [0.4, 0.5) is 6.01 Å². The summed E-state index contributed by atoms with van der Waals surface area (Å²) in [5.74, 6) is 0. The first-order valence-corrected chi connectivity index (χ1v) is 8.51. The topological polar surface area (TPSA) is 72.2 Å². The number of rotatable bonds is 3. The fourth-order valence-corrected chi connectivity index (χ4v) is 3.65. The van der Waals surface area contributed by atoms with Gasteiger partial charge in [-0.2, -0.15) is 4.98 Å². The van der Waals surface area contributed by atoms with Crippen molar-refractivity contribution in [2.75, 3.05) is 4.72 Å². The number of hydrogen-bond donors (Lipinski definition) is 1. The van der Waals surface area contributed by atoms with Gasteiger partial charge in [0.2, 0.25) is 0 Å². The number of halogens is 3. The molecule has 0 unspecified atom stereocenters. The molecule has 1 aromatic heterocycles. The van der Waals surface area contributed by atoms with Crippen molar-refractivity contribution in [2.45, 2.75) is 4.90 Å². The van der Waals surface area contributed by atoms with E-state index in [9.17, 15) is 8.42 Å². The molecule has 0 saturated carbocycles. The largest absolute Gasteiger partial charge is 0.423 e. The number of oxazole rings is 1. The normalized spacial score (nSPS) is 11.8. The van der Waals surface area contributed by atoms with Crippen molar-refractivity contribution < 1.29 is 12.8 Å². The lowest BCUT2D eigenvalue weighted by molar-refractivity contribution is 0.591. The van der Waals surface area contributed by atoms with Gasteiger partial charge >= 0.3 is 6.01 Å². The van der Waals surface area contributed by atoms with E-state index in [4.69, 9.17) is 39.2 Å². The van der Waals surface area contributed by atoms with E-state index in [-0.39, 0.29) is 21.0 Å². The second-order valence-corrected chi connectivity index (χ2v) is 7.24. The van der Waals surface area contributed by atoms with Crippen molar-refractivity contribution in [3.05, 3.63) is 51.5 Å². The summed E-state index contributed by atoms with van der Waals surface area (Å²) in [4.78, 5) is 3.86. The van der Waals surface area contributed by atoms with E-state index in [1.807, 2.05) is 0 Å². The minimum Gasteiger partial charge on any atom is -0.423 e. The van der Waals surface area contributed by atoms with Crippen molar-refractivity contribution in [3.63, 3.8) is 0 Å². The van der Waals surface area contributed by atoms with Crippen LogP contribution in [0.3, 0.4) is 0 Å². The Morgan fingerprint density at radius 3 is 2.45 bits per heavy atom. The maximum atomic E-state index is 12.3. The Morgan fingerprint density at radius 2 is 1.68 bits per heavy atom. The number of nitrogens with zero attached hydrogens (tertiary/aromatic N) is 1. The highest BCUT2D eigenvalue weighted by Crippen LogP contribution is 2.28. The van der Waals surface area contributed by atoms with E-state index < -0.39 is 10.0 Å². The molecule has 0 atom stereocenters. The summed E-state index contributed by atoms with van der Waals surface area (Å²) in [6, 6.07) is 8.71. The minimum atomic E-state index is -3.98. The Morgan fingerprint density at radius 1 is 1.00 bits per heavy atom. The van der Waals surface area contributed by atoms with Crippen LogP contribution >= 0.6 is 34.8 Å². The van der Waals surface area contributed by atoms with Gasteiger partial charge in [0, 0.05) is 16.1 Å². The summed E-state index contributed by atoms with van der Waals surface area (Å²) >= 11 is 17.5. The minimum absolute atomic E-state index is 0.0380. The maximum Gasteiger partial charge on any atom is 0.309 e. The van der Waals surface area contributed by atoms with Gasteiger partial charge in [-0.05, 0) is 30.3 Å². The van der Waals surface area contributed by atoms with E-state index >= 15 is 0 Å². The lowest BCUT2D eigenvalue weighted by atomic mass is 10.3. The van der Waals surface area contributed by atoms with Crippen molar-refractivity contribution in [1.29, 1.82) is 0 Å². The second-order valence-electron chi connectivity index (χ2n) is 4.31. The van der Waals surface area contributed by atoms with Gasteiger partial charge in [-0.25, -0.2) is 13.1 Å². The van der Waals surface area contributed by atoms with Crippen molar-refractivity contribution in [1.82, 2.24) is 4.98 Å². The summed E-state index contributed by atoms with van der Waals surface area (Å²) < 4.78 is 32.2. The van der Waals surface area contributed by atoms with Crippen molar-refractivity contribution in [3.8, 4) is 0 Å². The molecule has 0 fully saturated rings. The zero-order valence-electron chi connectivity index (χ0n) is 10.7. The smallest absolute Gasteiger partial charge is 0.309 e. The standard InChI is InChI=1S/C13H7Cl3N2O3S/c14-7-2-4-10-11(5-7)21-13(17-10)18-22(19,20)12-6-8(15)1-3-9(12)16/h1-6H,(H,17,18). The molecule has 0 aliphatic carbocycles. The van der Waals surface area contributed by atoms with Crippen LogP contribution < -0.4 is 4.72 Å². The first-order valence-electron chi connectivity index (χ1n) is 5.89. The lowest BCUT2D eigenvalue weighted by Crippen LogP contribution is -2.13. The van der Waals surface area contributed by atoms with Gasteiger partial charge in [-0.3, -0.25) is 0 Å². The summed E-state index contributed by atoms with van der Waals surface area (Å²) in [6.07, 6.45) is 0. The summed E-state index contributed by atoms with van der Waals surface area (Å²) in [5, 5.41) is 0.737. The second kappa shape index (κ2) is 5.62. The van der Waals surface area contributed by atoms with Crippen LogP contribution in [0.15, 0.2) is 45.7 Å². The highest BCUT2D eigenvalue weighted by Gasteiger charge is 2.21. The van der Waals surface area contributed by atoms with Crippen LogP contribution in [-0.4, -0.2) is 13.4 Å². The molecule has 0 bridgehead atoms. The Labute approximate surface area is 140 Å². The maximum absolute atomic E-state index is 12.3. The molecular formula is C13H7Cl3N2O3S. The highest BCUT2D eigenvalue weighted by atomic mass is 35.5. The molecule has 22 heavy (non-hydrogen) atoms. The third kappa shape index (κ3) is 3.01. The summed E-state index contributed by atoms with van der Waals surface area (Å²) in [6.45, 7) is 0. The molecule has 114 valence electrons. The predicted molar refractivity (Wildman–Crippen MR) is 86.3 cm³/mol. The number of fused-ring (bicyclic) bond motifs is 1. The fraction of sp³-hybridized carbons (Fsp3) is 0. The molecule has 0 aliphatic rings. The Bertz CT molecular complexity index is 970. The molecule has 0 amide bonds. The van der Waals surface area contributed by atoms with Gasteiger partial charge in [0.1, 0.15) is 10.4 Å². The molecule has 5 nitrogen and oxygen atoms in total. The zero-order valence-corrected chi connectivity index (χ0v) is 13.8. The monoisotopic (exact) mass is 376 g/mol. The Balaban J connectivity index is 2.00. The van der Waals surface area contributed by atoms with Crippen LogP contribution in [0.2, 0.25) is 15.1 Å². The number of nitrogens with one attached hydrogen (secondary N) is 1. The van der Waals surface area contributed by atoms with Crippen molar-refractivity contribution >= 4 is 61.9 Å². The van der Waals surface area contributed by atoms with Crippen LogP contribution in [0.5, 0.6) is 0 Å². The number of hydrogen-bond acceptors (Lipinski definition) is 4. The predicted octanol–water partition coefficient (Wildman–Crippen LogP) is 4.59. The van der Waals surface area contributed by atoms with Gasteiger partial charge in [0.15, 0.2) is 5.58 Å². The van der Waals surface area contributed by atoms with E-state index in [2.05, 4.69) is 9.71 Å². The lowest BCUT2D eigenvalue weighted by Gasteiger charge is -2.06. The van der Waals surface area contributed by atoms with Gasteiger partial charge in [0.05, 0.1) is 5.02 Å². The molecule has 0 radical (unpaired) electrons. The molecule has 9 heteroatoms. The number of aromatic nitrogens is 1. The van der Waals surface area contributed by atoms with E-state index in [0.29, 0.717) is 16.1 Å². The molecule has 3 rings (SSSR count). The number of benzene rings is 2. The third-order valence-electron chi connectivity index (χ3n) is 2.75.